The fraction of sp³-hybridized carbons (Fsp3) is 0.333. The number of carbonyl (C=O) groups excluding carboxylic acids is 2. The lowest BCUT2D eigenvalue weighted by molar-refractivity contribution is -0.113. The molecule has 0 saturated carbocycles. The minimum Gasteiger partial charge on any atom is -0.462 e. The van der Waals surface area contributed by atoms with Crippen molar-refractivity contribution >= 4 is 29.3 Å². The summed E-state index contributed by atoms with van der Waals surface area (Å²) in [6, 6.07) is 15.2. The summed E-state index contributed by atoms with van der Waals surface area (Å²) in [7, 11) is 0. The number of hydrogen-bond acceptors (Lipinski definition) is 4. The average Bonchev–Trinajstić information content (AvgIpc) is 2.67. The van der Waals surface area contributed by atoms with Crippen LogP contribution in [-0.4, -0.2) is 24.2 Å². The van der Waals surface area contributed by atoms with Crippen LogP contribution in [0.5, 0.6) is 0 Å². The van der Waals surface area contributed by atoms with Crippen LogP contribution in [0.1, 0.15) is 41.8 Å². The quantitative estimate of drug-likeness (QED) is 0.650. The maximum absolute atomic E-state index is 12.0. The van der Waals surface area contributed by atoms with E-state index < -0.39 is 0 Å². The van der Waals surface area contributed by atoms with Gasteiger partial charge in [0.1, 0.15) is 0 Å². The minimum absolute atomic E-state index is 0.0148. The van der Waals surface area contributed by atoms with Crippen molar-refractivity contribution in [2.75, 3.05) is 17.7 Å². The third kappa shape index (κ3) is 6.56. The molecule has 0 atom stereocenters. The van der Waals surface area contributed by atoms with E-state index in [2.05, 4.69) is 12.2 Å². The van der Waals surface area contributed by atoms with Gasteiger partial charge in [0, 0.05) is 11.4 Å². The van der Waals surface area contributed by atoms with Gasteiger partial charge in [-0.3, -0.25) is 4.79 Å². The molecule has 0 aromatic heterocycles. The molecule has 1 N–H and O–H groups in total. The molecule has 4 nitrogen and oxygen atoms in total. The maximum Gasteiger partial charge on any atom is 0.338 e. The van der Waals surface area contributed by atoms with Crippen LogP contribution in [-0.2, 0) is 21.7 Å². The Morgan fingerprint density at radius 3 is 2.23 bits per heavy atom. The van der Waals surface area contributed by atoms with E-state index in [1.54, 1.807) is 23.9 Å². The molecule has 5 heteroatoms. The third-order valence-corrected chi connectivity index (χ3v) is 4.78. The van der Waals surface area contributed by atoms with Crippen LogP contribution in [0.15, 0.2) is 48.5 Å². The zero-order chi connectivity index (χ0) is 18.8. The van der Waals surface area contributed by atoms with Gasteiger partial charge in [0.2, 0.25) is 5.91 Å². The Kier molecular flexibility index (Phi) is 8.22. The predicted molar refractivity (Wildman–Crippen MR) is 108 cm³/mol. The molecule has 1 amide bonds. The van der Waals surface area contributed by atoms with E-state index in [1.165, 1.54) is 5.56 Å². The lowest BCUT2D eigenvalue weighted by atomic mass is 10.1. The van der Waals surface area contributed by atoms with Crippen molar-refractivity contribution in [3.8, 4) is 0 Å². The molecular formula is C21H25NO3S. The molecule has 0 aliphatic rings. The lowest BCUT2D eigenvalue weighted by Gasteiger charge is -2.07. The highest BCUT2D eigenvalue weighted by atomic mass is 32.2. The first kappa shape index (κ1) is 20.0. The van der Waals surface area contributed by atoms with E-state index in [9.17, 15) is 9.59 Å². The van der Waals surface area contributed by atoms with Crippen LogP contribution < -0.4 is 5.32 Å². The fourth-order valence-electron chi connectivity index (χ4n) is 2.30. The van der Waals surface area contributed by atoms with Crippen LogP contribution in [0.3, 0.4) is 0 Å². The Morgan fingerprint density at radius 1 is 0.962 bits per heavy atom. The Bertz CT molecular complexity index is 711. The second-order valence-corrected chi connectivity index (χ2v) is 6.91. The van der Waals surface area contributed by atoms with Crippen LogP contribution in [0, 0.1) is 0 Å². The van der Waals surface area contributed by atoms with Gasteiger partial charge in [-0.1, -0.05) is 38.1 Å². The first-order valence-corrected chi connectivity index (χ1v) is 10.0. The van der Waals surface area contributed by atoms with Gasteiger partial charge in [0.25, 0.3) is 0 Å². The summed E-state index contributed by atoms with van der Waals surface area (Å²) < 4.78 is 5.10. The van der Waals surface area contributed by atoms with Crippen LogP contribution >= 0.6 is 11.8 Å². The molecule has 138 valence electrons. The van der Waals surface area contributed by atoms with Crippen LogP contribution in [0.2, 0.25) is 0 Å². The molecule has 0 aliphatic carbocycles. The summed E-state index contributed by atoms with van der Waals surface area (Å²) in [4.78, 5) is 23.8. The molecule has 0 spiro atoms. The summed E-state index contributed by atoms with van der Waals surface area (Å²) in [5.41, 5.74) is 3.70. The van der Waals surface area contributed by atoms with Gasteiger partial charge in [-0.05, 0) is 48.2 Å². The summed E-state index contributed by atoms with van der Waals surface area (Å²) in [6.45, 7) is 4.50. The molecule has 0 unspecified atom stereocenters. The van der Waals surface area contributed by atoms with Gasteiger partial charge in [0.05, 0.1) is 17.9 Å². The molecule has 2 aromatic carbocycles. The number of anilines is 1. The van der Waals surface area contributed by atoms with Gasteiger partial charge >= 0.3 is 5.97 Å². The molecule has 2 aromatic rings. The van der Waals surface area contributed by atoms with Crippen molar-refractivity contribution in [2.45, 2.75) is 32.4 Å². The van der Waals surface area contributed by atoms with Gasteiger partial charge < -0.3 is 10.1 Å². The number of ether oxygens (including phenoxy) is 1. The van der Waals surface area contributed by atoms with Gasteiger partial charge in [-0.25, -0.2) is 4.79 Å². The highest BCUT2D eigenvalue weighted by molar-refractivity contribution is 7.99. The summed E-state index contributed by atoms with van der Waals surface area (Å²) in [5, 5.41) is 2.90. The number of carbonyl (C=O) groups is 2. The molecule has 0 fully saturated rings. The summed E-state index contributed by atoms with van der Waals surface area (Å²) >= 11 is 1.54. The molecule has 0 bridgehead atoms. The zero-order valence-corrected chi connectivity index (χ0v) is 16.1. The standard InChI is InChI=1S/C21H25NO3S/c1-3-13-25-21(24)18-9-5-17(6-10-18)14-26-15-20(23)22-19-11-7-16(4-2)8-12-19/h5-12H,3-4,13-15H2,1-2H3,(H,22,23). The SMILES string of the molecule is CCCOC(=O)c1ccc(CSCC(=O)Nc2ccc(CC)cc2)cc1. The number of benzene rings is 2. The maximum atomic E-state index is 12.0. The molecule has 0 aliphatic heterocycles. The largest absolute Gasteiger partial charge is 0.462 e. The number of thioether (sulfide) groups is 1. The molecular weight excluding hydrogens is 346 g/mol. The monoisotopic (exact) mass is 371 g/mol. The van der Waals surface area contributed by atoms with E-state index in [4.69, 9.17) is 4.74 Å². The Labute approximate surface area is 159 Å². The van der Waals surface area contributed by atoms with Crippen molar-refractivity contribution in [2.24, 2.45) is 0 Å². The second-order valence-electron chi connectivity index (χ2n) is 5.92. The van der Waals surface area contributed by atoms with Crippen molar-refractivity contribution < 1.29 is 14.3 Å². The number of amides is 1. The van der Waals surface area contributed by atoms with Crippen molar-refractivity contribution in [3.05, 3.63) is 65.2 Å². The van der Waals surface area contributed by atoms with Gasteiger partial charge in [0.15, 0.2) is 0 Å². The normalized spacial score (nSPS) is 10.4. The third-order valence-electron chi connectivity index (χ3n) is 3.77. The number of nitrogens with one attached hydrogen (secondary N) is 1. The highest BCUT2D eigenvalue weighted by Crippen LogP contribution is 2.15. The van der Waals surface area contributed by atoms with E-state index in [1.807, 2.05) is 43.3 Å². The molecule has 2 rings (SSSR count). The lowest BCUT2D eigenvalue weighted by Crippen LogP contribution is -2.14. The Balaban J connectivity index is 1.74. The van der Waals surface area contributed by atoms with Gasteiger partial charge in [-0.2, -0.15) is 0 Å². The summed E-state index contributed by atoms with van der Waals surface area (Å²) in [6.07, 6.45) is 1.80. The number of esters is 1. The number of hydrogen-bond donors (Lipinski definition) is 1. The molecule has 26 heavy (non-hydrogen) atoms. The minimum atomic E-state index is -0.292. The van der Waals surface area contributed by atoms with Crippen LogP contribution in [0.25, 0.3) is 0 Å². The van der Waals surface area contributed by atoms with E-state index in [0.717, 1.165) is 24.1 Å². The smallest absolute Gasteiger partial charge is 0.338 e. The molecule has 0 saturated heterocycles. The molecule has 0 heterocycles. The highest BCUT2D eigenvalue weighted by Gasteiger charge is 2.07. The van der Waals surface area contributed by atoms with E-state index in [0.29, 0.717) is 23.7 Å². The zero-order valence-electron chi connectivity index (χ0n) is 15.3. The van der Waals surface area contributed by atoms with Crippen molar-refractivity contribution in [1.29, 1.82) is 0 Å². The van der Waals surface area contributed by atoms with E-state index >= 15 is 0 Å². The van der Waals surface area contributed by atoms with Crippen molar-refractivity contribution in [3.63, 3.8) is 0 Å². The first-order valence-electron chi connectivity index (χ1n) is 8.85. The van der Waals surface area contributed by atoms with E-state index in [-0.39, 0.29) is 11.9 Å². The molecule has 0 radical (unpaired) electrons. The fourth-order valence-corrected chi connectivity index (χ4v) is 3.09. The average molecular weight is 372 g/mol. The Morgan fingerprint density at radius 2 is 1.62 bits per heavy atom. The topological polar surface area (TPSA) is 55.4 Å². The van der Waals surface area contributed by atoms with Crippen LogP contribution in [0.4, 0.5) is 5.69 Å². The predicted octanol–water partition coefficient (Wildman–Crippen LogP) is 4.69. The number of aryl methyl sites for hydroxylation is 1. The van der Waals surface area contributed by atoms with Gasteiger partial charge in [-0.15, -0.1) is 11.8 Å². The Hall–Kier alpha value is -2.27. The first-order chi connectivity index (χ1) is 12.6. The second kappa shape index (κ2) is 10.7. The number of rotatable bonds is 9. The summed E-state index contributed by atoms with van der Waals surface area (Å²) in [5.74, 6) is 0.793. The van der Waals surface area contributed by atoms with Crippen molar-refractivity contribution in [1.82, 2.24) is 0 Å².